The Hall–Kier alpha value is -2.21. The second-order valence-electron chi connectivity index (χ2n) is 6.25. The Labute approximate surface area is 155 Å². The summed E-state index contributed by atoms with van der Waals surface area (Å²) in [5, 5.41) is 2.97. The molecule has 140 valence electrons. The molecular weight excluding hydrogens is 365 g/mol. The maximum Gasteiger partial charge on any atom is 0.418 e. The fourth-order valence-electron chi connectivity index (χ4n) is 2.42. The van der Waals surface area contributed by atoms with Crippen molar-refractivity contribution in [3.63, 3.8) is 0 Å². The molecule has 0 saturated carbocycles. The zero-order chi connectivity index (χ0) is 19.5. The molecule has 0 atom stereocenters. The molecule has 2 aromatic carbocycles. The summed E-state index contributed by atoms with van der Waals surface area (Å²) in [5.41, 5.74) is 1.08. The lowest BCUT2D eigenvalue weighted by Gasteiger charge is -2.18. The molecule has 26 heavy (non-hydrogen) atoms. The molecule has 3 nitrogen and oxygen atoms in total. The van der Waals surface area contributed by atoms with Crippen LogP contribution >= 0.6 is 11.6 Å². The summed E-state index contributed by atoms with van der Waals surface area (Å²) in [4.78, 5) is 13.7. The van der Waals surface area contributed by atoms with Gasteiger partial charge in [0.05, 0.1) is 11.3 Å². The van der Waals surface area contributed by atoms with E-state index in [0.29, 0.717) is 17.1 Å². The minimum absolute atomic E-state index is 0.0616. The van der Waals surface area contributed by atoms with Gasteiger partial charge in [-0.25, -0.2) is 0 Å². The number of halogens is 4. The third-order valence-electron chi connectivity index (χ3n) is 3.98. The van der Waals surface area contributed by atoms with Crippen molar-refractivity contribution in [1.82, 2.24) is 0 Å². The minimum Gasteiger partial charge on any atom is -0.378 e. The monoisotopic (exact) mass is 384 g/mol. The van der Waals surface area contributed by atoms with E-state index in [0.717, 1.165) is 17.2 Å². The Morgan fingerprint density at radius 1 is 1.15 bits per heavy atom. The predicted octanol–water partition coefficient (Wildman–Crippen LogP) is 5.30. The topological polar surface area (TPSA) is 32.3 Å². The second-order valence-corrected chi connectivity index (χ2v) is 6.66. The minimum atomic E-state index is -4.56. The zero-order valence-electron chi connectivity index (χ0n) is 14.7. The van der Waals surface area contributed by atoms with E-state index in [4.69, 9.17) is 11.6 Å². The van der Waals surface area contributed by atoms with Crippen molar-refractivity contribution in [2.45, 2.75) is 25.9 Å². The first-order valence-electron chi connectivity index (χ1n) is 8.01. The van der Waals surface area contributed by atoms with Crippen molar-refractivity contribution < 1.29 is 18.0 Å². The molecular formula is C19H20ClF3N2O. The van der Waals surface area contributed by atoms with Crippen LogP contribution < -0.4 is 10.2 Å². The normalized spacial score (nSPS) is 11.3. The number of alkyl halides is 3. The van der Waals surface area contributed by atoms with Gasteiger partial charge in [0.2, 0.25) is 5.91 Å². The van der Waals surface area contributed by atoms with Gasteiger partial charge in [0.25, 0.3) is 0 Å². The van der Waals surface area contributed by atoms with Crippen LogP contribution in [0.1, 0.15) is 23.1 Å². The Morgan fingerprint density at radius 3 is 2.42 bits per heavy atom. The number of hydrogen-bond donors (Lipinski definition) is 1. The highest BCUT2D eigenvalue weighted by atomic mass is 35.5. The average molecular weight is 385 g/mol. The fraction of sp³-hybridized carbons (Fsp3) is 0.316. The highest BCUT2D eigenvalue weighted by Crippen LogP contribution is 2.37. The summed E-state index contributed by atoms with van der Waals surface area (Å²) < 4.78 is 39.9. The Morgan fingerprint density at radius 2 is 1.85 bits per heavy atom. The summed E-state index contributed by atoms with van der Waals surface area (Å²) in [7, 11) is 3.31. The van der Waals surface area contributed by atoms with Gasteiger partial charge in [-0.15, -0.1) is 0 Å². The summed E-state index contributed by atoms with van der Waals surface area (Å²) in [6.45, 7) is 1.87. The van der Waals surface area contributed by atoms with Crippen LogP contribution in [0.2, 0.25) is 5.02 Å². The first-order valence-corrected chi connectivity index (χ1v) is 8.39. The number of aryl methyl sites for hydroxylation is 2. The van der Waals surface area contributed by atoms with Gasteiger partial charge in [-0.05, 0) is 48.7 Å². The van der Waals surface area contributed by atoms with E-state index in [9.17, 15) is 18.0 Å². The van der Waals surface area contributed by atoms with Crippen LogP contribution in [0.3, 0.4) is 0 Å². The van der Waals surface area contributed by atoms with Crippen molar-refractivity contribution in [3.05, 3.63) is 58.1 Å². The van der Waals surface area contributed by atoms with Crippen molar-refractivity contribution in [2.24, 2.45) is 0 Å². The lowest BCUT2D eigenvalue weighted by molar-refractivity contribution is -0.136. The van der Waals surface area contributed by atoms with Crippen LogP contribution in [-0.4, -0.2) is 20.0 Å². The van der Waals surface area contributed by atoms with Crippen molar-refractivity contribution in [3.8, 4) is 0 Å². The van der Waals surface area contributed by atoms with Crippen LogP contribution in [0.4, 0.5) is 24.5 Å². The number of rotatable bonds is 5. The molecule has 1 N–H and O–H groups in total. The Bertz CT molecular complexity index is 804. The number of benzene rings is 2. The van der Waals surface area contributed by atoms with E-state index in [2.05, 4.69) is 5.32 Å². The summed E-state index contributed by atoms with van der Waals surface area (Å²) in [6.07, 6.45) is -4.10. The fourth-order valence-corrected chi connectivity index (χ4v) is 2.62. The van der Waals surface area contributed by atoms with E-state index in [1.54, 1.807) is 25.1 Å². The molecule has 0 radical (unpaired) electrons. The van der Waals surface area contributed by atoms with E-state index < -0.39 is 17.6 Å². The summed E-state index contributed by atoms with van der Waals surface area (Å²) in [5.74, 6) is -0.482. The number of carbonyl (C=O) groups is 1. The zero-order valence-corrected chi connectivity index (χ0v) is 15.5. The molecule has 0 aromatic heterocycles. The van der Waals surface area contributed by atoms with Gasteiger partial charge in [-0.3, -0.25) is 4.79 Å². The van der Waals surface area contributed by atoms with Gasteiger partial charge in [0.1, 0.15) is 0 Å². The van der Waals surface area contributed by atoms with Gasteiger partial charge < -0.3 is 10.2 Å². The standard InChI is InChI=1S/C19H20ClF3N2O/c1-12-4-5-13(10-16(12)20)6-9-18(26)24-17-8-7-14(25(2)3)11-15(17)19(21,22)23/h4-5,7-8,10-11H,6,9H2,1-3H3,(H,24,26). The quantitative estimate of drug-likeness (QED) is 0.758. The number of nitrogens with zero attached hydrogens (tertiary/aromatic N) is 1. The van der Waals surface area contributed by atoms with Crippen LogP contribution in [0.15, 0.2) is 36.4 Å². The van der Waals surface area contributed by atoms with Crippen LogP contribution in [0.5, 0.6) is 0 Å². The summed E-state index contributed by atoms with van der Waals surface area (Å²) in [6, 6.07) is 9.29. The molecule has 0 aliphatic heterocycles. The lowest BCUT2D eigenvalue weighted by atomic mass is 10.1. The molecule has 0 unspecified atom stereocenters. The van der Waals surface area contributed by atoms with Gasteiger partial charge in [0, 0.05) is 31.2 Å². The molecule has 0 aliphatic carbocycles. The number of carbonyl (C=O) groups excluding carboxylic acids is 1. The first kappa shape index (κ1) is 20.1. The molecule has 0 heterocycles. The molecule has 1 amide bonds. The van der Waals surface area contributed by atoms with Crippen molar-refractivity contribution in [1.29, 1.82) is 0 Å². The molecule has 2 rings (SSSR count). The van der Waals surface area contributed by atoms with Crippen LogP contribution in [0.25, 0.3) is 0 Å². The third kappa shape index (κ3) is 5.14. The van der Waals surface area contributed by atoms with E-state index >= 15 is 0 Å². The maximum atomic E-state index is 13.3. The SMILES string of the molecule is Cc1ccc(CCC(=O)Nc2ccc(N(C)C)cc2C(F)(F)F)cc1Cl. The first-order chi connectivity index (χ1) is 12.1. The number of anilines is 2. The van der Waals surface area contributed by atoms with Crippen LogP contribution in [0, 0.1) is 6.92 Å². The molecule has 0 spiro atoms. The van der Waals surface area contributed by atoms with E-state index in [1.807, 2.05) is 19.1 Å². The summed E-state index contributed by atoms with van der Waals surface area (Å²) >= 11 is 6.04. The molecule has 0 aliphatic rings. The maximum absolute atomic E-state index is 13.3. The number of amides is 1. The van der Waals surface area contributed by atoms with Gasteiger partial charge >= 0.3 is 6.18 Å². The van der Waals surface area contributed by atoms with Gasteiger partial charge in [0.15, 0.2) is 0 Å². The Balaban J connectivity index is 2.11. The van der Waals surface area contributed by atoms with E-state index in [1.165, 1.54) is 12.1 Å². The molecule has 0 fully saturated rings. The largest absolute Gasteiger partial charge is 0.418 e. The average Bonchev–Trinajstić information content (AvgIpc) is 2.55. The highest BCUT2D eigenvalue weighted by Gasteiger charge is 2.34. The molecule has 7 heteroatoms. The molecule has 0 bridgehead atoms. The smallest absolute Gasteiger partial charge is 0.378 e. The van der Waals surface area contributed by atoms with E-state index in [-0.39, 0.29) is 12.1 Å². The van der Waals surface area contributed by atoms with Crippen molar-refractivity contribution in [2.75, 3.05) is 24.3 Å². The second kappa shape index (κ2) is 7.99. The van der Waals surface area contributed by atoms with Crippen LogP contribution in [-0.2, 0) is 17.4 Å². The molecule has 2 aromatic rings. The Kier molecular flexibility index (Phi) is 6.18. The number of nitrogens with one attached hydrogen (secondary N) is 1. The predicted molar refractivity (Wildman–Crippen MR) is 98.9 cm³/mol. The third-order valence-corrected chi connectivity index (χ3v) is 4.38. The number of hydrogen-bond acceptors (Lipinski definition) is 2. The van der Waals surface area contributed by atoms with Crippen molar-refractivity contribution >= 4 is 28.9 Å². The lowest BCUT2D eigenvalue weighted by Crippen LogP contribution is -2.18. The highest BCUT2D eigenvalue weighted by molar-refractivity contribution is 6.31. The van der Waals surface area contributed by atoms with Gasteiger partial charge in [-0.2, -0.15) is 13.2 Å². The van der Waals surface area contributed by atoms with Gasteiger partial charge in [-0.1, -0.05) is 23.7 Å². The molecule has 0 saturated heterocycles.